The van der Waals surface area contributed by atoms with E-state index in [-0.39, 0.29) is 0 Å². The number of methoxy groups -OCH3 is 2. The Morgan fingerprint density at radius 1 is 1.18 bits per heavy atom. The van der Waals surface area contributed by atoms with Crippen LogP contribution in [-0.2, 0) is 19.1 Å². The highest BCUT2D eigenvalue weighted by molar-refractivity contribution is 5.94. The van der Waals surface area contributed by atoms with Gasteiger partial charge in [0, 0.05) is 0 Å². The van der Waals surface area contributed by atoms with Crippen molar-refractivity contribution in [3.05, 3.63) is 11.6 Å². The smallest absolute Gasteiger partial charge is 0.320 e. The van der Waals surface area contributed by atoms with Crippen LogP contribution in [0.4, 0.5) is 0 Å². The fourth-order valence-corrected chi connectivity index (χ4v) is 1.43. The lowest BCUT2D eigenvalue weighted by Crippen LogP contribution is -2.26. The zero-order chi connectivity index (χ0) is 13.3. The zero-order valence-corrected chi connectivity index (χ0v) is 11.1. The van der Waals surface area contributed by atoms with E-state index in [2.05, 4.69) is 29.4 Å². The largest absolute Gasteiger partial charge is 0.468 e. The first kappa shape index (κ1) is 15.7. The number of rotatable bonds is 7. The lowest BCUT2D eigenvalue weighted by Gasteiger charge is -2.11. The second kappa shape index (κ2) is 8.79. The molecule has 0 aliphatic rings. The number of carbonyl (C=O) groups is 2. The first-order valence-corrected chi connectivity index (χ1v) is 5.88. The molecule has 0 aromatic carbocycles. The number of esters is 2. The fourth-order valence-electron chi connectivity index (χ4n) is 1.43. The summed E-state index contributed by atoms with van der Waals surface area (Å²) in [5, 5.41) is 0. The van der Waals surface area contributed by atoms with Crippen molar-refractivity contribution < 1.29 is 19.1 Å². The van der Waals surface area contributed by atoms with E-state index < -0.39 is 17.9 Å². The number of ether oxygens (including phenoxy) is 2. The molecule has 0 aromatic heterocycles. The minimum absolute atomic E-state index is 0.465. The van der Waals surface area contributed by atoms with Crippen molar-refractivity contribution >= 4 is 11.9 Å². The van der Waals surface area contributed by atoms with Gasteiger partial charge in [-0.25, -0.2) is 0 Å². The summed E-state index contributed by atoms with van der Waals surface area (Å²) < 4.78 is 9.16. The number of hydrogen-bond acceptors (Lipinski definition) is 4. The lowest BCUT2D eigenvalue weighted by molar-refractivity contribution is -0.159. The van der Waals surface area contributed by atoms with E-state index >= 15 is 0 Å². The number of unbranched alkanes of at least 4 members (excludes halogenated alkanes) is 1. The Bertz CT molecular complexity index is 265. The van der Waals surface area contributed by atoms with Crippen LogP contribution in [-0.4, -0.2) is 26.2 Å². The van der Waals surface area contributed by atoms with Crippen LogP contribution in [0.1, 0.15) is 39.5 Å². The maximum atomic E-state index is 11.4. The molecule has 4 nitrogen and oxygen atoms in total. The molecule has 17 heavy (non-hydrogen) atoms. The van der Waals surface area contributed by atoms with Crippen molar-refractivity contribution in [2.75, 3.05) is 14.2 Å². The molecule has 0 rings (SSSR count). The number of hydrogen-bond donors (Lipinski definition) is 0. The Labute approximate surface area is 103 Å². The molecule has 98 valence electrons. The molecule has 0 aromatic rings. The topological polar surface area (TPSA) is 52.6 Å². The maximum Gasteiger partial charge on any atom is 0.320 e. The highest BCUT2D eigenvalue weighted by Crippen LogP contribution is 2.13. The van der Waals surface area contributed by atoms with Crippen molar-refractivity contribution in [1.29, 1.82) is 0 Å². The van der Waals surface area contributed by atoms with Crippen LogP contribution in [0.15, 0.2) is 11.6 Å². The average Bonchev–Trinajstić information content (AvgIpc) is 2.36. The summed E-state index contributed by atoms with van der Waals surface area (Å²) in [7, 11) is 2.55. The van der Waals surface area contributed by atoms with Crippen LogP contribution in [0.25, 0.3) is 0 Å². The van der Waals surface area contributed by atoms with Gasteiger partial charge in [-0.3, -0.25) is 9.59 Å². The third kappa shape index (κ3) is 6.09. The highest BCUT2D eigenvalue weighted by Gasteiger charge is 2.27. The van der Waals surface area contributed by atoms with E-state index in [1.807, 2.05) is 0 Å². The monoisotopic (exact) mass is 242 g/mol. The van der Waals surface area contributed by atoms with Gasteiger partial charge in [-0.1, -0.05) is 18.6 Å². The normalized spacial score (nSPS) is 11.5. The predicted molar refractivity (Wildman–Crippen MR) is 65.4 cm³/mol. The quantitative estimate of drug-likeness (QED) is 0.298. The van der Waals surface area contributed by atoms with Gasteiger partial charge in [0.25, 0.3) is 0 Å². The van der Waals surface area contributed by atoms with Crippen molar-refractivity contribution in [2.24, 2.45) is 5.92 Å². The first-order valence-electron chi connectivity index (χ1n) is 5.88. The minimum atomic E-state index is -0.791. The van der Waals surface area contributed by atoms with Gasteiger partial charge in [-0.2, -0.15) is 0 Å². The summed E-state index contributed by atoms with van der Waals surface area (Å²) in [4.78, 5) is 22.7. The van der Waals surface area contributed by atoms with E-state index in [0.717, 1.165) is 19.3 Å². The van der Waals surface area contributed by atoms with E-state index in [9.17, 15) is 9.59 Å². The minimum Gasteiger partial charge on any atom is -0.468 e. The summed E-state index contributed by atoms with van der Waals surface area (Å²) in [5.41, 5.74) is 1.32. The molecule has 0 N–H and O–H groups in total. The van der Waals surface area contributed by atoms with Crippen molar-refractivity contribution in [1.82, 2.24) is 0 Å². The van der Waals surface area contributed by atoms with Gasteiger partial charge < -0.3 is 9.47 Å². The second-order valence-corrected chi connectivity index (χ2v) is 3.93. The molecule has 0 aliphatic carbocycles. The first-order chi connectivity index (χ1) is 8.06. The fraction of sp³-hybridized carbons (Fsp3) is 0.692. The molecule has 4 heteroatoms. The second-order valence-electron chi connectivity index (χ2n) is 3.93. The van der Waals surface area contributed by atoms with Gasteiger partial charge in [0.1, 0.15) is 0 Å². The van der Waals surface area contributed by atoms with E-state index in [1.54, 1.807) is 0 Å². The standard InChI is InChI=1S/C13H22O4/c1-5-10(2)8-6-7-9-11(12(14)16-3)13(15)17-4/h8,11H,5-7,9H2,1-4H3. The van der Waals surface area contributed by atoms with Gasteiger partial charge in [-0.15, -0.1) is 0 Å². The molecule has 0 aliphatic heterocycles. The molecule has 0 saturated carbocycles. The lowest BCUT2D eigenvalue weighted by atomic mass is 10.0. The molecular formula is C13H22O4. The number of carbonyl (C=O) groups excluding carboxylic acids is 2. The molecule has 0 saturated heterocycles. The number of allylic oxidation sites excluding steroid dienone is 2. The molecular weight excluding hydrogens is 220 g/mol. The molecule has 0 heterocycles. The SMILES string of the molecule is CCC(C)=CCCCC(C(=O)OC)C(=O)OC. The molecule has 0 radical (unpaired) electrons. The van der Waals surface area contributed by atoms with Crippen molar-refractivity contribution in [2.45, 2.75) is 39.5 Å². The summed E-state index contributed by atoms with van der Waals surface area (Å²) in [6.07, 6.45) is 5.26. The molecule has 0 unspecified atom stereocenters. The maximum absolute atomic E-state index is 11.4. The molecule has 0 amide bonds. The van der Waals surface area contributed by atoms with Gasteiger partial charge >= 0.3 is 11.9 Å². The van der Waals surface area contributed by atoms with Gasteiger partial charge in [-0.05, 0) is 32.6 Å². The Balaban J connectivity index is 4.18. The van der Waals surface area contributed by atoms with Crippen LogP contribution >= 0.6 is 0 Å². The Morgan fingerprint density at radius 2 is 1.71 bits per heavy atom. The summed E-state index contributed by atoms with van der Waals surface area (Å²) in [6.45, 7) is 4.16. The van der Waals surface area contributed by atoms with Crippen molar-refractivity contribution in [3.8, 4) is 0 Å². The molecule has 0 spiro atoms. The van der Waals surface area contributed by atoms with Crippen LogP contribution in [0.3, 0.4) is 0 Å². The summed E-state index contributed by atoms with van der Waals surface area (Å²) in [6, 6.07) is 0. The Kier molecular flexibility index (Phi) is 8.11. The molecule has 0 atom stereocenters. The average molecular weight is 242 g/mol. The van der Waals surface area contributed by atoms with Crippen LogP contribution in [0.2, 0.25) is 0 Å². The van der Waals surface area contributed by atoms with Gasteiger partial charge in [0.2, 0.25) is 0 Å². The Morgan fingerprint density at radius 3 is 2.12 bits per heavy atom. The zero-order valence-electron chi connectivity index (χ0n) is 11.1. The van der Waals surface area contributed by atoms with Crippen LogP contribution < -0.4 is 0 Å². The molecule has 0 fully saturated rings. The van der Waals surface area contributed by atoms with Crippen LogP contribution in [0.5, 0.6) is 0 Å². The predicted octanol–water partition coefficient (Wildman–Crippen LogP) is 2.48. The summed E-state index contributed by atoms with van der Waals surface area (Å²) in [5.74, 6) is -1.83. The third-order valence-corrected chi connectivity index (χ3v) is 2.72. The third-order valence-electron chi connectivity index (χ3n) is 2.72. The van der Waals surface area contributed by atoms with Gasteiger partial charge in [0.05, 0.1) is 14.2 Å². The van der Waals surface area contributed by atoms with E-state index in [4.69, 9.17) is 0 Å². The highest BCUT2D eigenvalue weighted by atomic mass is 16.5. The van der Waals surface area contributed by atoms with Crippen LogP contribution in [0, 0.1) is 5.92 Å². The Hall–Kier alpha value is -1.32. The van der Waals surface area contributed by atoms with E-state index in [0.29, 0.717) is 6.42 Å². The van der Waals surface area contributed by atoms with Crippen molar-refractivity contribution in [3.63, 3.8) is 0 Å². The van der Waals surface area contributed by atoms with E-state index in [1.165, 1.54) is 19.8 Å². The van der Waals surface area contributed by atoms with Gasteiger partial charge in [0.15, 0.2) is 5.92 Å². The summed E-state index contributed by atoms with van der Waals surface area (Å²) >= 11 is 0. The molecule has 0 bridgehead atoms.